The smallest absolute Gasteiger partial charge is 0.261 e. The zero-order chi connectivity index (χ0) is 20.9. The average Bonchev–Trinajstić information content (AvgIpc) is 3.25. The highest BCUT2D eigenvalue weighted by atomic mass is 35.5. The van der Waals surface area contributed by atoms with Gasteiger partial charge >= 0.3 is 0 Å². The molecule has 0 aliphatic carbocycles. The van der Waals surface area contributed by atoms with Crippen molar-refractivity contribution in [1.29, 1.82) is 0 Å². The second kappa shape index (κ2) is 8.97. The minimum atomic E-state index is -0.628. The van der Waals surface area contributed by atoms with Gasteiger partial charge in [-0.2, -0.15) is 4.98 Å². The van der Waals surface area contributed by atoms with Crippen LogP contribution in [0.5, 0.6) is 5.75 Å². The van der Waals surface area contributed by atoms with Crippen LogP contribution in [0.3, 0.4) is 0 Å². The SMILES string of the molecule is CC[C@H](Oc1ccc2ccccc2c1)C(=O)NCc1nc(-c2ccccc2Cl)no1. The molecule has 0 unspecified atom stereocenters. The van der Waals surface area contributed by atoms with E-state index in [2.05, 4.69) is 15.5 Å². The van der Waals surface area contributed by atoms with E-state index >= 15 is 0 Å². The summed E-state index contributed by atoms with van der Waals surface area (Å²) in [6.07, 6.45) is -0.106. The van der Waals surface area contributed by atoms with Crippen LogP contribution in [0.25, 0.3) is 22.2 Å². The summed E-state index contributed by atoms with van der Waals surface area (Å²) in [5.74, 6) is 1.07. The third-order valence-corrected chi connectivity index (χ3v) is 4.99. The zero-order valence-corrected chi connectivity index (χ0v) is 17.1. The first kappa shape index (κ1) is 19.9. The standard InChI is InChI=1S/C23H20ClN3O3/c1-2-20(29-17-12-11-15-7-3-4-8-16(15)13-17)23(28)25-14-21-26-22(27-30-21)18-9-5-6-10-19(18)24/h3-13,20H,2,14H2,1H3,(H,25,28)/t20-/m0/s1. The molecule has 4 aromatic rings. The zero-order valence-electron chi connectivity index (χ0n) is 16.3. The highest BCUT2D eigenvalue weighted by Gasteiger charge is 2.20. The monoisotopic (exact) mass is 421 g/mol. The maximum atomic E-state index is 12.6. The van der Waals surface area contributed by atoms with E-state index in [9.17, 15) is 4.79 Å². The van der Waals surface area contributed by atoms with Crippen LogP contribution in [0.15, 0.2) is 71.3 Å². The molecule has 0 spiro atoms. The topological polar surface area (TPSA) is 77.2 Å². The first-order valence-electron chi connectivity index (χ1n) is 9.64. The van der Waals surface area contributed by atoms with Gasteiger partial charge in [0.25, 0.3) is 5.91 Å². The first-order valence-corrected chi connectivity index (χ1v) is 10.0. The largest absolute Gasteiger partial charge is 0.481 e. The lowest BCUT2D eigenvalue weighted by Crippen LogP contribution is -2.37. The summed E-state index contributed by atoms with van der Waals surface area (Å²) in [6, 6.07) is 21.0. The van der Waals surface area contributed by atoms with Gasteiger partial charge in [-0.1, -0.05) is 66.1 Å². The molecular formula is C23H20ClN3O3. The van der Waals surface area contributed by atoms with Gasteiger partial charge in [0.2, 0.25) is 11.7 Å². The number of hydrogen-bond donors (Lipinski definition) is 1. The van der Waals surface area contributed by atoms with E-state index in [1.165, 1.54) is 0 Å². The maximum Gasteiger partial charge on any atom is 0.261 e. The van der Waals surface area contributed by atoms with Crippen molar-refractivity contribution in [2.24, 2.45) is 0 Å². The van der Waals surface area contributed by atoms with Gasteiger partial charge < -0.3 is 14.6 Å². The second-order valence-electron chi connectivity index (χ2n) is 6.73. The Balaban J connectivity index is 1.39. The van der Waals surface area contributed by atoms with Crippen molar-refractivity contribution in [3.63, 3.8) is 0 Å². The lowest BCUT2D eigenvalue weighted by Gasteiger charge is -2.17. The summed E-state index contributed by atoms with van der Waals surface area (Å²) in [6.45, 7) is 2.00. The number of ether oxygens (including phenoxy) is 1. The van der Waals surface area contributed by atoms with Crippen molar-refractivity contribution in [2.45, 2.75) is 26.0 Å². The number of fused-ring (bicyclic) bond motifs is 1. The third kappa shape index (κ3) is 4.44. The van der Waals surface area contributed by atoms with E-state index in [0.29, 0.717) is 34.5 Å². The highest BCUT2D eigenvalue weighted by Crippen LogP contribution is 2.25. The molecule has 1 aromatic heterocycles. The summed E-state index contributed by atoms with van der Waals surface area (Å²) in [4.78, 5) is 16.9. The number of halogens is 1. The molecule has 0 aliphatic heterocycles. The molecule has 30 heavy (non-hydrogen) atoms. The fourth-order valence-electron chi connectivity index (χ4n) is 3.08. The van der Waals surface area contributed by atoms with Crippen LogP contribution in [0.2, 0.25) is 5.02 Å². The molecule has 1 amide bonds. The average molecular weight is 422 g/mol. The van der Waals surface area contributed by atoms with E-state index in [4.69, 9.17) is 20.9 Å². The fraction of sp³-hybridized carbons (Fsp3) is 0.174. The van der Waals surface area contributed by atoms with Gasteiger partial charge in [-0.25, -0.2) is 0 Å². The Morgan fingerprint density at radius 2 is 1.87 bits per heavy atom. The fourth-order valence-corrected chi connectivity index (χ4v) is 3.30. The van der Waals surface area contributed by atoms with Crippen LogP contribution < -0.4 is 10.1 Å². The minimum Gasteiger partial charge on any atom is -0.481 e. The Kier molecular flexibility index (Phi) is 5.95. The molecule has 0 saturated heterocycles. The molecule has 1 N–H and O–H groups in total. The predicted octanol–water partition coefficient (Wildman–Crippen LogP) is 5.02. The Bertz CT molecular complexity index is 1180. The summed E-state index contributed by atoms with van der Waals surface area (Å²) in [5, 5.41) is 9.44. The van der Waals surface area contributed by atoms with Gasteiger partial charge in [-0.05, 0) is 41.5 Å². The molecular weight excluding hydrogens is 402 g/mol. The minimum absolute atomic E-state index is 0.105. The van der Waals surface area contributed by atoms with Crippen LogP contribution in [-0.4, -0.2) is 22.2 Å². The molecule has 6 nitrogen and oxygen atoms in total. The lowest BCUT2D eigenvalue weighted by molar-refractivity contribution is -0.128. The van der Waals surface area contributed by atoms with Crippen molar-refractivity contribution in [1.82, 2.24) is 15.5 Å². The van der Waals surface area contributed by atoms with E-state index in [-0.39, 0.29) is 12.5 Å². The normalized spacial score (nSPS) is 11.9. The van der Waals surface area contributed by atoms with E-state index < -0.39 is 6.10 Å². The quantitative estimate of drug-likeness (QED) is 0.453. The molecule has 0 saturated carbocycles. The van der Waals surface area contributed by atoms with Crippen LogP contribution in [0, 0.1) is 0 Å². The van der Waals surface area contributed by atoms with Gasteiger partial charge in [-0.3, -0.25) is 4.79 Å². The molecule has 0 fully saturated rings. The number of nitrogens with zero attached hydrogens (tertiary/aromatic N) is 2. The summed E-state index contributed by atoms with van der Waals surface area (Å²) in [5.41, 5.74) is 0.673. The number of aromatic nitrogens is 2. The number of nitrogens with one attached hydrogen (secondary N) is 1. The van der Waals surface area contributed by atoms with Crippen molar-refractivity contribution in [3.8, 4) is 17.1 Å². The number of amides is 1. The van der Waals surface area contributed by atoms with Gasteiger partial charge in [0.05, 0.1) is 11.6 Å². The Labute approximate surface area is 178 Å². The maximum absolute atomic E-state index is 12.6. The van der Waals surface area contributed by atoms with E-state index in [1.807, 2.05) is 61.5 Å². The van der Waals surface area contributed by atoms with Crippen LogP contribution >= 0.6 is 11.6 Å². The molecule has 3 aromatic carbocycles. The molecule has 1 heterocycles. The Morgan fingerprint density at radius 3 is 2.67 bits per heavy atom. The van der Waals surface area contributed by atoms with Crippen molar-refractivity contribution in [3.05, 3.63) is 77.6 Å². The number of benzene rings is 3. The van der Waals surface area contributed by atoms with Gasteiger partial charge in [0, 0.05) is 5.56 Å². The molecule has 0 bridgehead atoms. The van der Waals surface area contributed by atoms with Gasteiger partial charge in [0.1, 0.15) is 5.75 Å². The van der Waals surface area contributed by atoms with Crippen LogP contribution in [0.4, 0.5) is 0 Å². The first-order chi connectivity index (χ1) is 14.6. The highest BCUT2D eigenvalue weighted by molar-refractivity contribution is 6.33. The predicted molar refractivity (Wildman–Crippen MR) is 115 cm³/mol. The van der Waals surface area contributed by atoms with Crippen LogP contribution in [-0.2, 0) is 11.3 Å². The van der Waals surface area contributed by atoms with Gasteiger partial charge in [0.15, 0.2) is 6.10 Å². The van der Waals surface area contributed by atoms with Crippen molar-refractivity contribution < 1.29 is 14.1 Å². The number of rotatable bonds is 7. The molecule has 7 heteroatoms. The second-order valence-corrected chi connectivity index (χ2v) is 7.14. The third-order valence-electron chi connectivity index (χ3n) is 4.66. The van der Waals surface area contributed by atoms with E-state index in [0.717, 1.165) is 10.8 Å². The number of hydrogen-bond acceptors (Lipinski definition) is 5. The summed E-state index contributed by atoms with van der Waals surface area (Å²) in [7, 11) is 0. The Hall–Kier alpha value is -3.38. The van der Waals surface area contributed by atoms with E-state index in [1.54, 1.807) is 12.1 Å². The molecule has 0 radical (unpaired) electrons. The molecule has 152 valence electrons. The summed E-state index contributed by atoms with van der Waals surface area (Å²) < 4.78 is 11.1. The Morgan fingerprint density at radius 1 is 1.10 bits per heavy atom. The van der Waals surface area contributed by atoms with Crippen LogP contribution in [0.1, 0.15) is 19.2 Å². The lowest BCUT2D eigenvalue weighted by atomic mass is 10.1. The number of carbonyl (C=O) groups is 1. The number of carbonyl (C=O) groups excluding carboxylic acids is 1. The summed E-state index contributed by atoms with van der Waals surface area (Å²) >= 11 is 6.16. The molecule has 1 atom stereocenters. The van der Waals surface area contributed by atoms with Crippen molar-refractivity contribution in [2.75, 3.05) is 0 Å². The molecule has 4 rings (SSSR count). The molecule has 0 aliphatic rings. The van der Waals surface area contributed by atoms with Gasteiger partial charge in [-0.15, -0.1) is 0 Å². The van der Waals surface area contributed by atoms with Crippen molar-refractivity contribution >= 4 is 28.3 Å².